The van der Waals surface area contributed by atoms with E-state index in [1.807, 2.05) is 29.1 Å². The maximum absolute atomic E-state index is 13.8. The van der Waals surface area contributed by atoms with E-state index in [1.54, 1.807) is 31.2 Å². The molecule has 0 fully saturated rings. The van der Waals surface area contributed by atoms with Crippen LogP contribution in [0.15, 0.2) is 59.4 Å². The Balaban J connectivity index is 1.45. The second-order valence-corrected chi connectivity index (χ2v) is 6.82. The van der Waals surface area contributed by atoms with Gasteiger partial charge in [0.15, 0.2) is 10.9 Å². The molecular weight excluding hydrogens is 367 g/mol. The Bertz CT molecular complexity index is 1090. The van der Waals surface area contributed by atoms with E-state index in [0.29, 0.717) is 27.6 Å². The van der Waals surface area contributed by atoms with Crippen molar-refractivity contribution in [3.63, 3.8) is 0 Å². The first-order valence-electron chi connectivity index (χ1n) is 8.21. The summed E-state index contributed by atoms with van der Waals surface area (Å²) >= 11 is 1.31. The summed E-state index contributed by atoms with van der Waals surface area (Å²) in [5.74, 6) is -0.304. The van der Waals surface area contributed by atoms with Crippen LogP contribution in [0.3, 0.4) is 0 Å². The monoisotopic (exact) mass is 382 g/mol. The zero-order valence-corrected chi connectivity index (χ0v) is 15.2. The summed E-state index contributed by atoms with van der Waals surface area (Å²) in [7, 11) is 0. The van der Waals surface area contributed by atoms with Crippen LogP contribution < -0.4 is 5.32 Å². The Labute approximate surface area is 158 Å². The van der Waals surface area contributed by atoms with E-state index >= 15 is 0 Å². The third-order valence-corrected chi connectivity index (χ3v) is 5.11. The number of aromatic nitrogens is 3. The normalized spacial score (nSPS) is 10.9. The van der Waals surface area contributed by atoms with Gasteiger partial charge in [-0.1, -0.05) is 28.6 Å². The first-order valence-corrected chi connectivity index (χ1v) is 9.03. The maximum Gasteiger partial charge on any atom is 0.263 e. The molecule has 1 N–H and O–H groups in total. The van der Waals surface area contributed by atoms with Gasteiger partial charge in [-0.15, -0.1) is 0 Å². The van der Waals surface area contributed by atoms with E-state index in [4.69, 9.17) is 4.52 Å². The third kappa shape index (κ3) is 3.52. The Morgan fingerprint density at radius 2 is 2.04 bits per heavy atom. The van der Waals surface area contributed by atoms with Crippen LogP contribution in [0.2, 0.25) is 0 Å². The predicted molar refractivity (Wildman–Crippen MR) is 99.2 cm³/mol. The van der Waals surface area contributed by atoms with E-state index in [0.717, 1.165) is 5.13 Å². The summed E-state index contributed by atoms with van der Waals surface area (Å²) in [6.45, 7) is 1.97. The number of carbonyl (C=O) groups excluding carboxylic acids is 1. The van der Waals surface area contributed by atoms with Gasteiger partial charge in [-0.3, -0.25) is 4.79 Å². The standard InChI is InChI=1S/C19H15FN4O2S/c1-12-17(27-19(22-12)24-8-4-5-9-24)18(25)21-11-13-10-16(26-23-13)14-6-2-3-7-15(14)20/h2-10H,11H2,1H3,(H,21,25). The molecule has 1 aromatic carbocycles. The minimum absolute atomic E-state index is 0.174. The van der Waals surface area contributed by atoms with Gasteiger partial charge in [-0.05, 0) is 31.2 Å². The molecule has 0 bridgehead atoms. The largest absolute Gasteiger partial charge is 0.356 e. The van der Waals surface area contributed by atoms with Crippen LogP contribution >= 0.6 is 11.3 Å². The van der Waals surface area contributed by atoms with E-state index in [9.17, 15) is 9.18 Å². The molecule has 6 nitrogen and oxygen atoms in total. The number of nitrogens with zero attached hydrogens (tertiary/aromatic N) is 3. The molecule has 0 aliphatic carbocycles. The lowest BCUT2D eigenvalue weighted by atomic mass is 10.1. The van der Waals surface area contributed by atoms with Gasteiger partial charge in [-0.2, -0.15) is 0 Å². The van der Waals surface area contributed by atoms with Crippen molar-refractivity contribution < 1.29 is 13.7 Å². The number of amides is 1. The van der Waals surface area contributed by atoms with Crippen molar-refractivity contribution in [2.24, 2.45) is 0 Å². The molecule has 0 spiro atoms. The van der Waals surface area contributed by atoms with Gasteiger partial charge in [0.1, 0.15) is 16.4 Å². The average molecular weight is 382 g/mol. The Hall–Kier alpha value is -3.26. The molecule has 0 radical (unpaired) electrons. The quantitative estimate of drug-likeness (QED) is 0.567. The van der Waals surface area contributed by atoms with Crippen LogP contribution in [-0.4, -0.2) is 20.6 Å². The SMILES string of the molecule is Cc1nc(-n2cccc2)sc1C(=O)NCc1cc(-c2ccccc2F)on1. The van der Waals surface area contributed by atoms with Gasteiger partial charge in [0, 0.05) is 18.5 Å². The maximum atomic E-state index is 13.8. The molecule has 0 aliphatic heterocycles. The molecule has 3 aromatic heterocycles. The summed E-state index contributed by atoms with van der Waals surface area (Å²) in [5, 5.41) is 7.42. The van der Waals surface area contributed by atoms with Crippen molar-refractivity contribution in [2.45, 2.75) is 13.5 Å². The highest BCUT2D eigenvalue weighted by Crippen LogP contribution is 2.24. The molecule has 4 rings (SSSR count). The number of hydrogen-bond acceptors (Lipinski definition) is 5. The average Bonchev–Trinajstić information content (AvgIpc) is 3.40. The number of hydrogen-bond donors (Lipinski definition) is 1. The van der Waals surface area contributed by atoms with Gasteiger partial charge < -0.3 is 14.4 Å². The topological polar surface area (TPSA) is 73.0 Å². The number of rotatable bonds is 5. The second-order valence-electron chi connectivity index (χ2n) is 5.85. The Kier molecular flexibility index (Phi) is 4.55. The summed E-state index contributed by atoms with van der Waals surface area (Å²) < 4.78 is 20.9. The highest BCUT2D eigenvalue weighted by atomic mass is 32.1. The van der Waals surface area contributed by atoms with Crippen LogP contribution in [0.4, 0.5) is 4.39 Å². The van der Waals surface area contributed by atoms with Crippen molar-refractivity contribution in [2.75, 3.05) is 0 Å². The molecule has 0 aliphatic rings. The molecular formula is C19H15FN4O2S. The Morgan fingerprint density at radius 3 is 2.81 bits per heavy atom. The van der Waals surface area contributed by atoms with Crippen molar-refractivity contribution in [1.29, 1.82) is 0 Å². The van der Waals surface area contributed by atoms with Crippen molar-refractivity contribution in [3.05, 3.63) is 76.9 Å². The fraction of sp³-hybridized carbons (Fsp3) is 0.105. The number of thiazole rings is 1. The van der Waals surface area contributed by atoms with Gasteiger partial charge in [0.2, 0.25) is 0 Å². The fourth-order valence-corrected chi connectivity index (χ4v) is 3.55. The van der Waals surface area contributed by atoms with Crippen molar-refractivity contribution >= 4 is 17.2 Å². The predicted octanol–water partition coefficient (Wildman–Crippen LogP) is 3.97. The number of benzene rings is 1. The highest BCUT2D eigenvalue weighted by molar-refractivity contribution is 7.16. The van der Waals surface area contributed by atoms with Crippen LogP contribution in [0.5, 0.6) is 0 Å². The molecule has 27 heavy (non-hydrogen) atoms. The molecule has 0 atom stereocenters. The van der Waals surface area contributed by atoms with Gasteiger partial charge >= 0.3 is 0 Å². The number of nitrogens with one attached hydrogen (secondary N) is 1. The molecule has 3 heterocycles. The lowest BCUT2D eigenvalue weighted by molar-refractivity contribution is 0.0953. The van der Waals surface area contributed by atoms with Gasteiger partial charge in [-0.25, -0.2) is 9.37 Å². The molecule has 0 saturated carbocycles. The molecule has 0 saturated heterocycles. The minimum atomic E-state index is -0.387. The van der Waals surface area contributed by atoms with Crippen molar-refractivity contribution in [1.82, 2.24) is 20.0 Å². The van der Waals surface area contributed by atoms with E-state index in [1.165, 1.54) is 17.4 Å². The molecule has 136 valence electrons. The lowest BCUT2D eigenvalue weighted by Gasteiger charge is -2.00. The Morgan fingerprint density at radius 1 is 1.26 bits per heavy atom. The van der Waals surface area contributed by atoms with E-state index < -0.39 is 0 Å². The molecule has 8 heteroatoms. The number of halogens is 1. The smallest absolute Gasteiger partial charge is 0.263 e. The fourth-order valence-electron chi connectivity index (χ4n) is 2.60. The number of carbonyl (C=O) groups is 1. The minimum Gasteiger partial charge on any atom is -0.356 e. The van der Waals surface area contributed by atoms with Crippen LogP contribution in [-0.2, 0) is 6.54 Å². The highest BCUT2D eigenvalue weighted by Gasteiger charge is 2.17. The third-order valence-electron chi connectivity index (χ3n) is 3.95. The van der Waals surface area contributed by atoms with E-state index in [-0.39, 0.29) is 18.3 Å². The van der Waals surface area contributed by atoms with Gasteiger partial charge in [0.05, 0.1) is 17.8 Å². The molecule has 1 amide bonds. The zero-order chi connectivity index (χ0) is 18.8. The lowest BCUT2D eigenvalue weighted by Crippen LogP contribution is -2.22. The second kappa shape index (κ2) is 7.16. The van der Waals surface area contributed by atoms with Gasteiger partial charge in [0.25, 0.3) is 5.91 Å². The summed E-state index contributed by atoms with van der Waals surface area (Å²) in [6, 6.07) is 11.7. The first kappa shape index (κ1) is 17.2. The summed E-state index contributed by atoms with van der Waals surface area (Å²) in [5.41, 5.74) is 1.50. The van der Waals surface area contributed by atoms with Crippen LogP contribution in [0.1, 0.15) is 21.1 Å². The van der Waals surface area contributed by atoms with Crippen LogP contribution in [0, 0.1) is 12.7 Å². The summed E-state index contributed by atoms with van der Waals surface area (Å²) in [6.07, 6.45) is 3.75. The van der Waals surface area contributed by atoms with Crippen molar-refractivity contribution in [3.8, 4) is 16.5 Å². The molecule has 0 unspecified atom stereocenters. The number of aryl methyl sites for hydroxylation is 1. The van der Waals surface area contributed by atoms with E-state index in [2.05, 4.69) is 15.5 Å². The first-order chi connectivity index (χ1) is 13.1. The molecule has 4 aromatic rings. The van der Waals surface area contributed by atoms with Crippen LogP contribution in [0.25, 0.3) is 16.5 Å². The summed E-state index contributed by atoms with van der Waals surface area (Å²) in [4.78, 5) is 17.5. The zero-order valence-electron chi connectivity index (χ0n) is 14.3.